The topological polar surface area (TPSA) is 114 Å². The molecule has 1 aliphatic carbocycles. The van der Waals surface area contributed by atoms with Gasteiger partial charge in [-0.3, -0.25) is 0 Å². The van der Waals surface area contributed by atoms with Gasteiger partial charge < -0.3 is 20.1 Å². The summed E-state index contributed by atoms with van der Waals surface area (Å²) in [5.41, 5.74) is 1.22. The lowest BCUT2D eigenvalue weighted by Gasteiger charge is -2.29. The molecule has 9 nitrogen and oxygen atoms in total. The molecule has 2 aromatic carbocycles. The van der Waals surface area contributed by atoms with E-state index in [1.54, 1.807) is 0 Å². The number of carbonyl (C=O) groups excluding carboxylic acids is 1. The number of benzene rings is 2. The van der Waals surface area contributed by atoms with Crippen LogP contribution < -0.4 is 20.1 Å². The Kier molecular flexibility index (Phi) is 6.61. The zero-order valence-corrected chi connectivity index (χ0v) is 17.3. The molecule has 1 aliphatic rings. The van der Waals surface area contributed by atoms with Crippen molar-refractivity contribution in [1.82, 2.24) is 25.9 Å². The average molecular weight is 462 g/mol. The molecule has 2 amide bonds. The van der Waals surface area contributed by atoms with Gasteiger partial charge in [-0.1, -0.05) is 0 Å². The lowest BCUT2D eigenvalue weighted by atomic mass is 9.93. The molecule has 0 atom stereocenters. The first-order chi connectivity index (χ1) is 15.8. The molecule has 33 heavy (non-hydrogen) atoms. The van der Waals surface area contributed by atoms with Crippen molar-refractivity contribution in [2.75, 3.05) is 5.32 Å². The minimum absolute atomic E-state index is 0.0148. The van der Waals surface area contributed by atoms with E-state index >= 15 is 0 Å². The molecule has 0 spiro atoms. The molecule has 0 bridgehead atoms. The second-order valence-corrected chi connectivity index (χ2v) is 7.54. The number of amides is 2. The number of halogens is 3. The first-order valence-corrected chi connectivity index (χ1v) is 10.3. The number of nitrogens with one attached hydrogen (secondary N) is 3. The van der Waals surface area contributed by atoms with Crippen molar-refractivity contribution in [3.8, 4) is 22.9 Å². The Hall–Kier alpha value is -3.83. The van der Waals surface area contributed by atoms with E-state index in [0.29, 0.717) is 11.5 Å². The normalized spacial score (nSPS) is 18.4. The first kappa shape index (κ1) is 22.4. The van der Waals surface area contributed by atoms with E-state index in [2.05, 4.69) is 36.0 Å². The van der Waals surface area contributed by atoms with Crippen LogP contribution in [0.5, 0.6) is 11.5 Å². The Bertz CT molecular complexity index is 1030. The number of aromatic nitrogens is 4. The number of H-pyrrole nitrogens is 1. The van der Waals surface area contributed by atoms with Crippen LogP contribution in [0.15, 0.2) is 48.5 Å². The van der Waals surface area contributed by atoms with Crippen molar-refractivity contribution in [1.29, 1.82) is 0 Å². The van der Waals surface area contributed by atoms with Crippen LogP contribution in [0.4, 0.5) is 23.7 Å². The third-order valence-electron chi connectivity index (χ3n) is 5.13. The van der Waals surface area contributed by atoms with Gasteiger partial charge in [-0.2, -0.15) is 0 Å². The van der Waals surface area contributed by atoms with E-state index in [4.69, 9.17) is 4.74 Å². The van der Waals surface area contributed by atoms with Crippen LogP contribution in [-0.4, -0.2) is 45.2 Å². The van der Waals surface area contributed by atoms with Gasteiger partial charge in [0.1, 0.15) is 11.5 Å². The molecule has 0 aliphatic heterocycles. The molecule has 12 heteroatoms. The quantitative estimate of drug-likeness (QED) is 0.504. The summed E-state index contributed by atoms with van der Waals surface area (Å²) >= 11 is 0. The molecule has 1 heterocycles. The molecule has 1 saturated carbocycles. The maximum Gasteiger partial charge on any atom is 0.573 e. The van der Waals surface area contributed by atoms with Gasteiger partial charge in [0.15, 0.2) is 5.82 Å². The molecule has 3 aromatic rings. The summed E-state index contributed by atoms with van der Waals surface area (Å²) in [4.78, 5) is 12.2. The van der Waals surface area contributed by atoms with E-state index in [1.807, 2.05) is 24.3 Å². The molecule has 0 saturated heterocycles. The maximum atomic E-state index is 12.2. The number of aromatic amines is 1. The fourth-order valence-corrected chi connectivity index (χ4v) is 3.58. The number of hydrogen-bond donors (Lipinski definition) is 3. The van der Waals surface area contributed by atoms with Crippen molar-refractivity contribution in [2.24, 2.45) is 0 Å². The fraction of sp³-hybridized carbons (Fsp3) is 0.333. The number of tetrazole rings is 1. The van der Waals surface area contributed by atoms with Crippen LogP contribution in [-0.2, 0) is 0 Å². The summed E-state index contributed by atoms with van der Waals surface area (Å²) in [7, 11) is 0. The monoisotopic (exact) mass is 462 g/mol. The van der Waals surface area contributed by atoms with Gasteiger partial charge >= 0.3 is 12.4 Å². The summed E-state index contributed by atoms with van der Waals surface area (Å²) in [6.45, 7) is 0. The second kappa shape index (κ2) is 9.76. The summed E-state index contributed by atoms with van der Waals surface area (Å²) in [5.74, 6) is 0.978. The molecule has 174 valence electrons. The number of ether oxygens (including phenoxy) is 2. The third-order valence-corrected chi connectivity index (χ3v) is 5.13. The number of carbonyl (C=O) groups is 1. The number of anilines is 1. The number of alkyl halides is 3. The van der Waals surface area contributed by atoms with Crippen LogP contribution >= 0.6 is 0 Å². The van der Waals surface area contributed by atoms with E-state index in [0.717, 1.165) is 49.1 Å². The van der Waals surface area contributed by atoms with E-state index < -0.39 is 12.4 Å². The third kappa shape index (κ3) is 6.57. The highest BCUT2D eigenvalue weighted by Gasteiger charge is 2.31. The number of rotatable bonds is 6. The maximum absolute atomic E-state index is 12.2. The predicted molar refractivity (Wildman–Crippen MR) is 112 cm³/mol. The van der Waals surface area contributed by atoms with Gasteiger partial charge in [0.2, 0.25) is 0 Å². The molecule has 1 aromatic heterocycles. The van der Waals surface area contributed by atoms with Crippen molar-refractivity contribution < 1.29 is 27.4 Å². The van der Waals surface area contributed by atoms with E-state index in [-0.39, 0.29) is 17.9 Å². The van der Waals surface area contributed by atoms with Crippen LogP contribution in [0, 0.1) is 0 Å². The summed E-state index contributed by atoms with van der Waals surface area (Å²) < 4.78 is 46.5. The van der Waals surface area contributed by atoms with Crippen molar-refractivity contribution >= 4 is 11.7 Å². The van der Waals surface area contributed by atoms with Crippen LogP contribution in [0.25, 0.3) is 11.4 Å². The van der Waals surface area contributed by atoms with Gasteiger partial charge in [0, 0.05) is 17.3 Å². The Labute approximate surface area is 186 Å². The highest BCUT2D eigenvalue weighted by atomic mass is 19.4. The van der Waals surface area contributed by atoms with Gasteiger partial charge in [0.25, 0.3) is 0 Å². The lowest BCUT2D eigenvalue weighted by Crippen LogP contribution is -2.41. The number of nitrogens with zero attached hydrogens (tertiary/aromatic N) is 3. The van der Waals surface area contributed by atoms with Crippen molar-refractivity contribution in [3.63, 3.8) is 0 Å². The summed E-state index contributed by atoms with van der Waals surface area (Å²) in [5, 5.41) is 19.2. The smallest absolute Gasteiger partial charge is 0.490 e. The van der Waals surface area contributed by atoms with Crippen LogP contribution in [0.1, 0.15) is 25.7 Å². The van der Waals surface area contributed by atoms with Crippen molar-refractivity contribution in [2.45, 2.75) is 44.2 Å². The molecular formula is C21H21F3N6O3. The van der Waals surface area contributed by atoms with Gasteiger partial charge in [-0.05, 0) is 84.6 Å². The summed E-state index contributed by atoms with van der Waals surface area (Å²) in [6.07, 6.45) is -1.65. The second-order valence-electron chi connectivity index (χ2n) is 7.54. The Morgan fingerprint density at radius 3 is 2.24 bits per heavy atom. The largest absolute Gasteiger partial charge is 0.573 e. The predicted octanol–water partition coefficient (Wildman–Crippen LogP) is 4.28. The highest BCUT2D eigenvalue weighted by molar-refractivity contribution is 5.89. The lowest BCUT2D eigenvalue weighted by molar-refractivity contribution is -0.274. The number of hydrogen-bond acceptors (Lipinski definition) is 6. The molecule has 1 fully saturated rings. The minimum atomic E-state index is -4.76. The highest BCUT2D eigenvalue weighted by Crippen LogP contribution is 2.26. The standard InChI is InChI=1S/C21H21F3N6O3/c22-21(23,24)33-18-11-5-15(6-12-18)26-20(31)25-14-3-9-17(10-4-14)32-16-7-1-13(2-8-16)19-27-29-30-28-19/h1-2,5-8,11-12,14,17H,3-4,9-10H2,(H2,25,26,31)(H,27,28,29,30)/t14-,17-. The molecule has 3 N–H and O–H groups in total. The number of urea groups is 1. The molecular weight excluding hydrogens is 441 g/mol. The molecule has 0 unspecified atom stereocenters. The Morgan fingerprint density at radius 2 is 1.64 bits per heavy atom. The van der Waals surface area contributed by atoms with Gasteiger partial charge in [-0.25, -0.2) is 9.89 Å². The minimum Gasteiger partial charge on any atom is -0.490 e. The van der Waals surface area contributed by atoms with E-state index in [9.17, 15) is 18.0 Å². The van der Waals surface area contributed by atoms with Crippen LogP contribution in [0.2, 0.25) is 0 Å². The van der Waals surface area contributed by atoms with Gasteiger partial charge in [-0.15, -0.1) is 18.3 Å². The average Bonchev–Trinajstić information content (AvgIpc) is 3.31. The Morgan fingerprint density at radius 1 is 0.970 bits per heavy atom. The van der Waals surface area contributed by atoms with E-state index in [1.165, 1.54) is 12.1 Å². The Balaban J connectivity index is 1.19. The molecule has 0 radical (unpaired) electrons. The zero-order chi connectivity index (χ0) is 23.3. The first-order valence-electron chi connectivity index (χ1n) is 10.3. The zero-order valence-electron chi connectivity index (χ0n) is 17.3. The van der Waals surface area contributed by atoms with Crippen molar-refractivity contribution in [3.05, 3.63) is 48.5 Å². The van der Waals surface area contributed by atoms with Crippen LogP contribution in [0.3, 0.4) is 0 Å². The molecule has 4 rings (SSSR count). The SMILES string of the molecule is O=C(Nc1ccc(OC(F)(F)F)cc1)N[C@H]1CC[C@H](Oc2ccc(-c3nnn[nH]3)cc2)CC1. The summed E-state index contributed by atoms with van der Waals surface area (Å²) in [6, 6.07) is 12.0. The fourth-order valence-electron chi connectivity index (χ4n) is 3.58. The van der Waals surface area contributed by atoms with Gasteiger partial charge in [0.05, 0.1) is 6.10 Å².